The van der Waals surface area contributed by atoms with Gasteiger partial charge in [0.15, 0.2) is 0 Å². The molecule has 2 heterocycles. The van der Waals surface area contributed by atoms with Crippen LogP contribution in [0, 0.1) is 0 Å². The molecule has 25 heavy (non-hydrogen) atoms. The van der Waals surface area contributed by atoms with Crippen molar-refractivity contribution in [3.63, 3.8) is 0 Å². The third kappa shape index (κ3) is 4.21. The molecular weight excluding hydrogens is 322 g/mol. The van der Waals surface area contributed by atoms with E-state index in [1.54, 1.807) is 15.9 Å². The Morgan fingerprint density at radius 2 is 2.12 bits per heavy atom. The second-order valence-corrected chi connectivity index (χ2v) is 5.88. The summed E-state index contributed by atoms with van der Waals surface area (Å²) in [6.07, 6.45) is 3.14. The van der Waals surface area contributed by atoms with E-state index in [9.17, 15) is 9.59 Å². The van der Waals surface area contributed by atoms with Crippen molar-refractivity contribution in [1.29, 1.82) is 0 Å². The smallest absolute Gasteiger partial charge is 0.245 e. The fourth-order valence-electron chi connectivity index (χ4n) is 2.87. The van der Waals surface area contributed by atoms with Crippen LogP contribution in [0.5, 0.6) is 0 Å². The average molecular weight is 343 g/mol. The number of amides is 2. The lowest BCUT2D eigenvalue weighted by atomic mass is 10.1. The monoisotopic (exact) mass is 343 g/mol. The number of hydrogen-bond donors (Lipinski definition) is 1. The van der Waals surface area contributed by atoms with Crippen LogP contribution < -0.4 is 5.32 Å². The lowest BCUT2D eigenvalue weighted by molar-refractivity contribution is -0.147. The van der Waals surface area contributed by atoms with E-state index in [1.165, 1.54) is 13.3 Å². The van der Waals surface area contributed by atoms with Crippen LogP contribution in [0.4, 0.5) is 0 Å². The molecule has 1 aromatic carbocycles. The van der Waals surface area contributed by atoms with Gasteiger partial charge in [-0.05, 0) is 11.1 Å². The molecule has 8 nitrogen and oxygen atoms in total. The zero-order valence-electron chi connectivity index (χ0n) is 14.1. The summed E-state index contributed by atoms with van der Waals surface area (Å²) in [5.74, 6) is -0.319. The number of carbonyl (C=O) groups is 2. The molecule has 1 aliphatic heterocycles. The summed E-state index contributed by atoms with van der Waals surface area (Å²) >= 11 is 0. The molecule has 0 bridgehead atoms. The van der Waals surface area contributed by atoms with Gasteiger partial charge in [-0.15, -0.1) is 0 Å². The second-order valence-electron chi connectivity index (χ2n) is 5.88. The van der Waals surface area contributed by atoms with Gasteiger partial charge in [-0.3, -0.25) is 9.59 Å². The maximum atomic E-state index is 12.5. The summed E-state index contributed by atoms with van der Waals surface area (Å²) in [5.41, 5.74) is 2.05. The number of nitrogens with one attached hydrogen (secondary N) is 1. The fourth-order valence-corrected chi connectivity index (χ4v) is 2.87. The third-order valence-electron chi connectivity index (χ3n) is 4.21. The first kappa shape index (κ1) is 17.1. The average Bonchev–Trinajstić information content (AvgIpc) is 3.13. The van der Waals surface area contributed by atoms with Crippen molar-refractivity contribution >= 4 is 11.8 Å². The standard InChI is InChI=1S/C17H21N5O3/c1-13(23)22-6-7-25-10-16(22)17(24)19-8-14-4-2-3-5-15(14)9-21-12-18-11-20-21/h2-5,11-12,16H,6-10H2,1H3,(H,19,24). The van der Waals surface area contributed by atoms with Crippen LogP contribution in [0.2, 0.25) is 0 Å². The molecular formula is C17H21N5O3. The Hall–Kier alpha value is -2.74. The van der Waals surface area contributed by atoms with Crippen LogP contribution in [0.15, 0.2) is 36.9 Å². The van der Waals surface area contributed by atoms with Crippen molar-refractivity contribution < 1.29 is 14.3 Å². The van der Waals surface area contributed by atoms with E-state index in [2.05, 4.69) is 15.4 Å². The van der Waals surface area contributed by atoms with Gasteiger partial charge in [0.2, 0.25) is 11.8 Å². The number of ether oxygens (including phenoxy) is 1. The Balaban J connectivity index is 1.65. The van der Waals surface area contributed by atoms with E-state index in [-0.39, 0.29) is 18.4 Å². The maximum absolute atomic E-state index is 12.5. The predicted octanol–water partition coefficient (Wildman–Crippen LogP) is 0.190. The Labute approximate surface area is 145 Å². The highest BCUT2D eigenvalue weighted by molar-refractivity contribution is 5.87. The molecule has 2 aromatic rings. The van der Waals surface area contributed by atoms with Crippen LogP contribution in [0.3, 0.4) is 0 Å². The Kier molecular flexibility index (Phi) is 5.39. The molecule has 1 aromatic heterocycles. The van der Waals surface area contributed by atoms with Gasteiger partial charge < -0.3 is 15.0 Å². The predicted molar refractivity (Wildman–Crippen MR) is 89.4 cm³/mol. The van der Waals surface area contributed by atoms with Crippen LogP contribution in [0.1, 0.15) is 18.1 Å². The summed E-state index contributed by atoms with van der Waals surface area (Å²) in [4.78, 5) is 29.7. The third-order valence-corrected chi connectivity index (χ3v) is 4.21. The molecule has 132 valence electrons. The van der Waals surface area contributed by atoms with Crippen LogP contribution >= 0.6 is 0 Å². The zero-order chi connectivity index (χ0) is 17.6. The van der Waals surface area contributed by atoms with Crippen molar-refractivity contribution in [1.82, 2.24) is 25.0 Å². The summed E-state index contributed by atoms with van der Waals surface area (Å²) < 4.78 is 7.09. The molecule has 0 spiro atoms. The number of morpholine rings is 1. The summed E-state index contributed by atoms with van der Waals surface area (Å²) in [5, 5.41) is 7.02. The molecule has 3 rings (SSSR count). The van der Waals surface area contributed by atoms with E-state index in [1.807, 2.05) is 24.3 Å². The molecule has 0 aliphatic carbocycles. The summed E-state index contributed by atoms with van der Waals surface area (Å²) in [6, 6.07) is 7.26. The molecule has 1 atom stereocenters. The number of hydrogen-bond acceptors (Lipinski definition) is 5. The van der Waals surface area contributed by atoms with E-state index in [0.29, 0.717) is 26.2 Å². The highest BCUT2D eigenvalue weighted by Gasteiger charge is 2.30. The van der Waals surface area contributed by atoms with Gasteiger partial charge in [0, 0.05) is 20.0 Å². The minimum Gasteiger partial charge on any atom is -0.377 e. The van der Waals surface area contributed by atoms with Gasteiger partial charge in [-0.1, -0.05) is 24.3 Å². The number of carbonyl (C=O) groups excluding carboxylic acids is 2. The normalized spacial score (nSPS) is 17.3. The highest BCUT2D eigenvalue weighted by Crippen LogP contribution is 2.12. The molecule has 1 N–H and O–H groups in total. The number of aromatic nitrogens is 3. The molecule has 8 heteroatoms. The molecule has 0 saturated carbocycles. The van der Waals surface area contributed by atoms with Gasteiger partial charge >= 0.3 is 0 Å². The summed E-state index contributed by atoms with van der Waals surface area (Å²) in [7, 11) is 0. The quantitative estimate of drug-likeness (QED) is 0.837. The van der Waals surface area contributed by atoms with Crippen LogP contribution in [-0.2, 0) is 27.4 Å². The van der Waals surface area contributed by atoms with Crippen molar-refractivity contribution in [3.05, 3.63) is 48.0 Å². The van der Waals surface area contributed by atoms with Gasteiger partial charge in [0.1, 0.15) is 18.7 Å². The van der Waals surface area contributed by atoms with Crippen LogP contribution in [0.25, 0.3) is 0 Å². The molecule has 1 unspecified atom stereocenters. The largest absolute Gasteiger partial charge is 0.377 e. The molecule has 0 radical (unpaired) electrons. The van der Waals surface area contributed by atoms with Crippen molar-refractivity contribution in [3.8, 4) is 0 Å². The number of benzene rings is 1. The Bertz CT molecular complexity index is 732. The zero-order valence-corrected chi connectivity index (χ0v) is 14.1. The first-order valence-corrected chi connectivity index (χ1v) is 8.17. The lowest BCUT2D eigenvalue weighted by Gasteiger charge is -2.33. The minimum atomic E-state index is -0.575. The molecule has 1 saturated heterocycles. The topological polar surface area (TPSA) is 89.4 Å². The van der Waals surface area contributed by atoms with Crippen molar-refractivity contribution in [2.45, 2.75) is 26.1 Å². The maximum Gasteiger partial charge on any atom is 0.245 e. The van der Waals surface area contributed by atoms with Gasteiger partial charge in [0.05, 0.1) is 19.8 Å². The minimum absolute atomic E-state index is 0.116. The molecule has 2 amide bonds. The van der Waals surface area contributed by atoms with Gasteiger partial charge in [-0.2, -0.15) is 5.10 Å². The molecule has 1 fully saturated rings. The summed E-state index contributed by atoms with van der Waals surface area (Å²) in [6.45, 7) is 3.57. The SMILES string of the molecule is CC(=O)N1CCOCC1C(=O)NCc1ccccc1Cn1cncn1. The lowest BCUT2D eigenvalue weighted by Crippen LogP contribution is -2.55. The van der Waals surface area contributed by atoms with Crippen LogP contribution in [-0.4, -0.2) is 57.3 Å². The fraction of sp³-hybridized carbons (Fsp3) is 0.412. The second kappa shape index (κ2) is 7.89. The number of rotatable bonds is 5. The van der Waals surface area contributed by atoms with Gasteiger partial charge in [-0.25, -0.2) is 9.67 Å². The molecule has 1 aliphatic rings. The Morgan fingerprint density at radius 3 is 2.84 bits per heavy atom. The van der Waals surface area contributed by atoms with Gasteiger partial charge in [0.25, 0.3) is 0 Å². The van der Waals surface area contributed by atoms with E-state index >= 15 is 0 Å². The van der Waals surface area contributed by atoms with E-state index in [4.69, 9.17) is 4.74 Å². The van der Waals surface area contributed by atoms with Crippen molar-refractivity contribution in [2.75, 3.05) is 19.8 Å². The van der Waals surface area contributed by atoms with E-state index < -0.39 is 6.04 Å². The first-order chi connectivity index (χ1) is 12.1. The van der Waals surface area contributed by atoms with E-state index in [0.717, 1.165) is 11.1 Å². The van der Waals surface area contributed by atoms with Crippen molar-refractivity contribution in [2.24, 2.45) is 0 Å². The number of nitrogens with zero attached hydrogens (tertiary/aromatic N) is 4. The highest BCUT2D eigenvalue weighted by atomic mass is 16.5. The Morgan fingerprint density at radius 1 is 1.32 bits per heavy atom. The first-order valence-electron chi connectivity index (χ1n) is 8.17.